The zero-order chi connectivity index (χ0) is 17.1. The quantitative estimate of drug-likeness (QED) is 0.908. The molecule has 0 bridgehead atoms. The van der Waals surface area contributed by atoms with E-state index in [1.54, 1.807) is 12.1 Å². The van der Waals surface area contributed by atoms with E-state index in [2.05, 4.69) is 10.6 Å². The zero-order valence-electron chi connectivity index (χ0n) is 14.0. The smallest absolute Gasteiger partial charge is 0.255 e. The molecular formula is C19H22FN3O. The van der Waals surface area contributed by atoms with Crippen LogP contribution in [0.4, 0.5) is 10.1 Å². The molecule has 0 spiro atoms. The molecule has 4 nitrogen and oxygen atoms in total. The first kappa shape index (κ1) is 16.6. The maximum atomic E-state index is 14.6. The number of nitrogens with zero attached hydrogens (tertiary/aromatic N) is 1. The summed E-state index contributed by atoms with van der Waals surface area (Å²) in [6.45, 7) is 2.18. The van der Waals surface area contributed by atoms with Gasteiger partial charge in [-0.25, -0.2) is 4.39 Å². The van der Waals surface area contributed by atoms with Crippen LogP contribution >= 0.6 is 0 Å². The molecule has 0 saturated carbocycles. The standard InChI is InChI=1S/C19H22FN3O/c1-23(2)12-13-4-3-5-14(10-13)19(24)22-17-7-6-15-11-21-9-8-16(15)18(17)20/h3-7,10,21H,8-9,11-12H2,1-2H3,(H,22,24). The number of rotatable bonds is 4. The lowest BCUT2D eigenvalue weighted by molar-refractivity contribution is 0.102. The van der Waals surface area contributed by atoms with Crippen molar-refractivity contribution < 1.29 is 9.18 Å². The number of benzene rings is 2. The Hall–Kier alpha value is -2.24. The molecule has 3 rings (SSSR count). The minimum atomic E-state index is -0.313. The lowest BCUT2D eigenvalue weighted by atomic mass is 9.99. The highest BCUT2D eigenvalue weighted by Crippen LogP contribution is 2.25. The number of hydrogen-bond acceptors (Lipinski definition) is 3. The van der Waals surface area contributed by atoms with E-state index in [0.29, 0.717) is 24.1 Å². The Balaban J connectivity index is 1.80. The maximum Gasteiger partial charge on any atom is 0.255 e. The van der Waals surface area contributed by atoms with Crippen molar-refractivity contribution in [3.8, 4) is 0 Å². The number of anilines is 1. The van der Waals surface area contributed by atoms with Gasteiger partial charge in [-0.1, -0.05) is 18.2 Å². The maximum absolute atomic E-state index is 14.6. The summed E-state index contributed by atoms with van der Waals surface area (Å²) >= 11 is 0. The van der Waals surface area contributed by atoms with Gasteiger partial charge in [0.2, 0.25) is 0 Å². The average Bonchev–Trinajstić information content (AvgIpc) is 2.57. The first-order chi connectivity index (χ1) is 11.5. The molecule has 0 aromatic heterocycles. The summed E-state index contributed by atoms with van der Waals surface area (Å²) in [6, 6.07) is 10.9. The van der Waals surface area contributed by atoms with Crippen molar-refractivity contribution in [2.24, 2.45) is 0 Å². The molecule has 5 heteroatoms. The van der Waals surface area contributed by atoms with Crippen LogP contribution in [0.25, 0.3) is 0 Å². The van der Waals surface area contributed by atoms with E-state index in [4.69, 9.17) is 0 Å². The van der Waals surface area contributed by atoms with E-state index < -0.39 is 0 Å². The van der Waals surface area contributed by atoms with Gasteiger partial charge in [0.25, 0.3) is 5.91 Å². The Bertz CT molecular complexity index is 758. The molecule has 2 aromatic carbocycles. The summed E-state index contributed by atoms with van der Waals surface area (Å²) in [7, 11) is 3.95. The fraction of sp³-hybridized carbons (Fsp3) is 0.316. The molecule has 0 atom stereocenters. The normalized spacial score (nSPS) is 13.7. The number of amides is 1. The van der Waals surface area contributed by atoms with Crippen LogP contribution in [0.15, 0.2) is 36.4 Å². The van der Waals surface area contributed by atoms with E-state index in [0.717, 1.165) is 24.2 Å². The van der Waals surface area contributed by atoms with Gasteiger partial charge < -0.3 is 15.5 Å². The molecule has 0 radical (unpaired) electrons. The second-order valence-corrected chi connectivity index (χ2v) is 6.38. The highest BCUT2D eigenvalue weighted by molar-refractivity contribution is 6.04. The van der Waals surface area contributed by atoms with Gasteiger partial charge in [-0.05, 0) is 62.0 Å². The minimum absolute atomic E-state index is 0.249. The summed E-state index contributed by atoms with van der Waals surface area (Å²) in [6.07, 6.45) is 0.642. The van der Waals surface area contributed by atoms with Crippen molar-refractivity contribution in [2.45, 2.75) is 19.5 Å². The van der Waals surface area contributed by atoms with Gasteiger partial charge in [0.1, 0.15) is 5.82 Å². The molecule has 1 amide bonds. The summed E-state index contributed by atoms with van der Waals surface area (Å²) in [5, 5.41) is 5.93. The fourth-order valence-electron chi connectivity index (χ4n) is 3.00. The summed E-state index contributed by atoms with van der Waals surface area (Å²) in [5.41, 5.74) is 3.49. The Morgan fingerprint density at radius 2 is 2.12 bits per heavy atom. The highest BCUT2D eigenvalue weighted by Gasteiger charge is 2.18. The average molecular weight is 327 g/mol. The lowest BCUT2D eigenvalue weighted by Gasteiger charge is -2.19. The van der Waals surface area contributed by atoms with Crippen LogP contribution in [0.5, 0.6) is 0 Å². The number of carbonyl (C=O) groups excluding carboxylic acids is 1. The van der Waals surface area contributed by atoms with Gasteiger partial charge in [0.05, 0.1) is 5.69 Å². The topological polar surface area (TPSA) is 44.4 Å². The Labute approximate surface area is 141 Å². The van der Waals surface area contributed by atoms with Crippen LogP contribution in [0.3, 0.4) is 0 Å². The van der Waals surface area contributed by atoms with Crippen LogP contribution in [-0.2, 0) is 19.5 Å². The Morgan fingerprint density at radius 1 is 1.29 bits per heavy atom. The van der Waals surface area contributed by atoms with Gasteiger partial charge >= 0.3 is 0 Å². The molecule has 0 unspecified atom stereocenters. The van der Waals surface area contributed by atoms with Crippen molar-refractivity contribution in [3.63, 3.8) is 0 Å². The van der Waals surface area contributed by atoms with Gasteiger partial charge in [0, 0.05) is 18.7 Å². The lowest BCUT2D eigenvalue weighted by Crippen LogP contribution is -2.25. The van der Waals surface area contributed by atoms with Crippen LogP contribution in [-0.4, -0.2) is 31.4 Å². The number of hydrogen-bond donors (Lipinski definition) is 2. The van der Waals surface area contributed by atoms with E-state index in [-0.39, 0.29) is 17.4 Å². The van der Waals surface area contributed by atoms with Crippen molar-refractivity contribution in [1.82, 2.24) is 10.2 Å². The molecule has 24 heavy (non-hydrogen) atoms. The Kier molecular flexibility index (Phi) is 4.92. The van der Waals surface area contributed by atoms with Gasteiger partial charge in [-0.15, -0.1) is 0 Å². The molecule has 0 aliphatic carbocycles. The first-order valence-corrected chi connectivity index (χ1v) is 8.10. The molecule has 1 heterocycles. The second-order valence-electron chi connectivity index (χ2n) is 6.38. The van der Waals surface area contributed by atoms with Crippen molar-refractivity contribution in [3.05, 3.63) is 64.5 Å². The molecule has 2 N–H and O–H groups in total. The third-order valence-corrected chi connectivity index (χ3v) is 4.14. The van der Waals surface area contributed by atoms with Crippen molar-refractivity contribution >= 4 is 11.6 Å². The number of carbonyl (C=O) groups is 1. The molecule has 126 valence electrons. The van der Waals surface area contributed by atoms with Crippen molar-refractivity contribution in [1.29, 1.82) is 0 Å². The predicted octanol–water partition coefficient (Wildman–Crippen LogP) is 2.79. The Morgan fingerprint density at radius 3 is 2.92 bits per heavy atom. The van der Waals surface area contributed by atoms with Crippen LogP contribution in [0, 0.1) is 5.82 Å². The van der Waals surface area contributed by atoms with E-state index in [9.17, 15) is 9.18 Å². The van der Waals surface area contributed by atoms with Gasteiger partial charge in [-0.3, -0.25) is 4.79 Å². The third kappa shape index (κ3) is 3.63. The molecule has 1 aliphatic heterocycles. The number of nitrogens with one attached hydrogen (secondary N) is 2. The SMILES string of the molecule is CN(C)Cc1cccc(C(=O)Nc2ccc3c(c2F)CCNC3)c1. The summed E-state index contributed by atoms with van der Waals surface area (Å²) in [5.74, 6) is -0.602. The molecule has 1 aliphatic rings. The van der Waals surface area contributed by atoms with Gasteiger partial charge in [0.15, 0.2) is 0 Å². The monoisotopic (exact) mass is 327 g/mol. The minimum Gasteiger partial charge on any atom is -0.319 e. The fourth-order valence-corrected chi connectivity index (χ4v) is 3.00. The van der Waals surface area contributed by atoms with Crippen LogP contribution < -0.4 is 10.6 Å². The predicted molar refractivity (Wildman–Crippen MR) is 93.6 cm³/mol. The second kappa shape index (κ2) is 7.11. The van der Waals surface area contributed by atoms with Crippen LogP contribution in [0.2, 0.25) is 0 Å². The molecule has 0 saturated heterocycles. The molecular weight excluding hydrogens is 305 g/mol. The zero-order valence-corrected chi connectivity index (χ0v) is 14.0. The van der Waals surface area contributed by atoms with E-state index >= 15 is 0 Å². The first-order valence-electron chi connectivity index (χ1n) is 8.10. The van der Waals surface area contributed by atoms with E-state index in [1.165, 1.54) is 0 Å². The summed E-state index contributed by atoms with van der Waals surface area (Å²) in [4.78, 5) is 14.5. The highest BCUT2D eigenvalue weighted by atomic mass is 19.1. The van der Waals surface area contributed by atoms with E-state index in [1.807, 2.05) is 43.3 Å². The summed E-state index contributed by atoms with van der Waals surface area (Å²) < 4.78 is 14.6. The number of fused-ring (bicyclic) bond motifs is 1. The van der Waals surface area contributed by atoms with Crippen molar-refractivity contribution in [2.75, 3.05) is 26.0 Å². The number of halogens is 1. The molecule has 0 fully saturated rings. The van der Waals surface area contributed by atoms with Crippen LogP contribution in [0.1, 0.15) is 27.0 Å². The van der Waals surface area contributed by atoms with Gasteiger partial charge in [-0.2, -0.15) is 0 Å². The third-order valence-electron chi connectivity index (χ3n) is 4.14. The largest absolute Gasteiger partial charge is 0.319 e. The molecule has 2 aromatic rings.